The number of phenols is 2. The Bertz CT molecular complexity index is 999. The highest BCUT2D eigenvalue weighted by atomic mass is 16.3. The van der Waals surface area contributed by atoms with Crippen LogP contribution in [0.25, 0.3) is 11.4 Å². The van der Waals surface area contributed by atoms with Crippen LogP contribution in [0.1, 0.15) is 16.8 Å². The molecule has 0 atom stereocenters. The van der Waals surface area contributed by atoms with Crippen LogP contribution in [0.5, 0.6) is 11.5 Å². The molecule has 6 heteroatoms. The van der Waals surface area contributed by atoms with Crippen LogP contribution < -0.4 is 5.56 Å². The topological polar surface area (TPSA) is 89.5 Å². The van der Waals surface area contributed by atoms with E-state index in [9.17, 15) is 15.0 Å². The van der Waals surface area contributed by atoms with E-state index in [1.54, 1.807) is 6.07 Å². The Morgan fingerprint density at radius 1 is 1.12 bits per heavy atom. The molecule has 2 heterocycles. The second-order valence-electron chi connectivity index (χ2n) is 6.48. The zero-order valence-electron chi connectivity index (χ0n) is 14.1. The SMILES string of the molecule is O=c1[nH]c(-c2ccccc2)nc2c1CCN(Cc1cc(O)ccc1O)C2. The number of phenolic OH excluding ortho intramolecular Hbond substituents is 2. The lowest BCUT2D eigenvalue weighted by Crippen LogP contribution is -2.35. The van der Waals surface area contributed by atoms with Crippen molar-refractivity contribution in [2.75, 3.05) is 6.54 Å². The van der Waals surface area contributed by atoms with Crippen LogP contribution in [-0.4, -0.2) is 31.6 Å². The predicted molar refractivity (Wildman–Crippen MR) is 97.9 cm³/mol. The summed E-state index contributed by atoms with van der Waals surface area (Å²) in [6, 6.07) is 14.1. The smallest absolute Gasteiger partial charge is 0.254 e. The number of hydrogen-bond donors (Lipinski definition) is 3. The molecule has 0 bridgehead atoms. The molecular weight excluding hydrogens is 330 g/mol. The first-order valence-electron chi connectivity index (χ1n) is 8.51. The van der Waals surface area contributed by atoms with Gasteiger partial charge < -0.3 is 15.2 Å². The average molecular weight is 349 g/mol. The first-order chi connectivity index (χ1) is 12.6. The number of aromatic hydroxyl groups is 2. The molecular formula is C20H19N3O3. The zero-order chi connectivity index (χ0) is 18.1. The average Bonchev–Trinajstić information content (AvgIpc) is 2.65. The first-order valence-corrected chi connectivity index (χ1v) is 8.51. The Balaban J connectivity index is 1.62. The summed E-state index contributed by atoms with van der Waals surface area (Å²) in [5.41, 5.74) is 2.92. The number of nitrogens with zero attached hydrogens (tertiary/aromatic N) is 2. The number of aromatic nitrogens is 2. The molecule has 0 fully saturated rings. The van der Waals surface area contributed by atoms with Gasteiger partial charge in [0.2, 0.25) is 0 Å². The molecule has 1 aliphatic heterocycles. The minimum Gasteiger partial charge on any atom is -0.508 e. The molecule has 4 rings (SSSR count). The van der Waals surface area contributed by atoms with Crippen LogP contribution in [-0.2, 0) is 19.5 Å². The van der Waals surface area contributed by atoms with Gasteiger partial charge in [0.1, 0.15) is 17.3 Å². The summed E-state index contributed by atoms with van der Waals surface area (Å²) in [4.78, 5) is 22.1. The van der Waals surface area contributed by atoms with E-state index < -0.39 is 0 Å². The van der Waals surface area contributed by atoms with Crippen molar-refractivity contribution in [3.63, 3.8) is 0 Å². The standard InChI is InChI=1S/C20H19N3O3/c24-15-6-7-18(25)14(10-15)11-23-9-8-16-17(12-23)21-19(22-20(16)26)13-4-2-1-3-5-13/h1-7,10,24-25H,8-9,11-12H2,(H,21,22,26). The number of fused-ring (bicyclic) bond motifs is 1. The van der Waals surface area contributed by atoms with E-state index in [-0.39, 0.29) is 17.1 Å². The summed E-state index contributed by atoms with van der Waals surface area (Å²) in [6.45, 7) is 1.69. The molecule has 2 aromatic carbocycles. The van der Waals surface area contributed by atoms with Crippen molar-refractivity contribution in [3.8, 4) is 22.9 Å². The maximum Gasteiger partial charge on any atom is 0.254 e. The van der Waals surface area contributed by atoms with E-state index in [1.165, 1.54) is 12.1 Å². The molecule has 0 amide bonds. The van der Waals surface area contributed by atoms with Gasteiger partial charge in [0.15, 0.2) is 0 Å². The molecule has 1 aliphatic rings. The van der Waals surface area contributed by atoms with E-state index in [0.717, 1.165) is 16.8 Å². The maximum absolute atomic E-state index is 12.4. The van der Waals surface area contributed by atoms with Crippen LogP contribution in [0.2, 0.25) is 0 Å². The molecule has 3 aromatic rings. The molecule has 6 nitrogen and oxygen atoms in total. The zero-order valence-corrected chi connectivity index (χ0v) is 14.1. The maximum atomic E-state index is 12.4. The van der Waals surface area contributed by atoms with Crippen molar-refractivity contribution in [2.24, 2.45) is 0 Å². The van der Waals surface area contributed by atoms with Crippen LogP contribution in [0.4, 0.5) is 0 Å². The Hall–Kier alpha value is -3.12. The lowest BCUT2D eigenvalue weighted by atomic mass is 10.0. The lowest BCUT2D eigenvalue weighted by molar-refractivity contribution is 0.237. The first kappa shape index (κ1) is 16.4. The van der Waals surface area contributed by atoms with Gasteiger partial charge in [-0.05, 0) is 24.6 Å². The van der Waals surface area contributed by atoms with Gasteiger partial charge in [0.25, 0.3) is 5.56 Å². The van der Waals surface area contributed by atoms with Crippen LogP contribution >= 0.6 is 0 Å². The fourth-order valence-corrected chi connectivity index (χ4v) is 3.30. The van der Waals surface area contributed by atoms with Crippen molar-refractivity contribution in [3.05, 3.63) is 75.7 Å². The molecule has 0 unspecified atom stereocenters. The van der Waals surface area contributed by atoms with Gasteiger partial charge in [-0.3, -0.25) is 9.69 Å². The molecule has 132 valence electrons. The highest BCUT2D eigenvalue weighted by molar-refractivity contribution is 5.54. The molecule has 0 radical (unpaired) electrons. The third kappa shape index (κ3) is 3.19. The van der Waals surface area contributed by atoms with Crippen molar-refractivity contribution < 1.29 is 10.2 Å². The molecule has 26 heavy (non-hydrogen) atoms. The Morgan fingerprint density at radius 3 is 2.73 bits per heavy atom. The van der Waals surface area contributed by atoms with E-state index in [1.807, 2.05) is 30.3 Å². The van der Waals surface area contributed by atoms with Gasteiger partial charge in [-0.1, -0.05) is 30.3 Å². The summed E-state index contributed by atoms with van der Waals surface area (Å²) in [5.74, 6) is 0.838. The molecule has 1 aromatic heterocycles. The number of H-pyrrole nitrogens is 1. The van der Waals surface area contributed by atoms with Crippen LogP contribution in [0, 0.1) is 0 Å². The lowest BCUT2D eigenvalue weighted by Gasteiger charge is -2.28. The monoisotopic (exact) mass is 349 g/mol. The summed E-state index contributed by atoms with van der Waals surface area (Å²) < 4.78 is 0. The third-order valence-corrected chi connectivity index (χ3v) is 4.66. The van der Waals surface area contributed by atoms with Crippen molar-refractivity contribution in [2.45, 2.75) is 19.5 Å². The molecule has 0 saturated carbocycles. The molecule has 0 saturated heterocycles. The van der Waals surface area contributed by atoms with Gasteiger partial charge >= 0.3 is 0 Å². The highest BCUT2D eigenvalue weighted by Crippen LogP contribution is 2.26. The number of nitrogens with one attached hydrogen (secondary N) is 1. The van der Waals surface area contributed by atoms with Crippen molar-refractivity contribution in [1.82, 2.24) is 14.9 Å². The van der Waals surface area contributed by atoms with Gasteiger partial charge in [0, 0.05) is 36.3 Å². The number of hydrogen-bond acceptors (Lipinski definition) is 5. The largest absolute Gasteiger partial charge is 0.508 e. The second-order valence-corrected chi connectivity index (χ2v) is 6.48. The van der Waals surface area contributed by atoms with Gasteiger partial charge in [-0.2, -0.15) is 0 Å². The Kier molecular flexibility index (Phi) is 4.18. The molecule has 0 aliphatic carbocycles. The van der Waals surface area contributed by atoms with Crippen molar-refractivity contribution in [1.29, 1.82) is 0 Å². The number of rotatable bonds is 3. The minimum absolute atomic E-state index is 0.0892. The van der Waals surface area contributed by atoms with Gasteiger partial charge in [-0.25, -0.2) is 4.98 Å². The van der Waals surface area contributed by atoms with Crippen LogP contribution in [0.3, 0.4) is 0 Å². The van der Waals surface area contributed by atoms with Crippen LogP contribution in [0.15, 0.2) is 53.3 Å². The summed E-state index contributed by atoms with van der Waals surface area (Å²) in [6.07, 6.45) is 0.603. The number of benzene rings is 2. The second kappa shape index (κ2) is 6.65. The van der Waals surface area contributed by atoms with Crippen molar-refractivity contribution >= 4 is 0 Å². The summed E-state index contributed by atoms with van der Waals surface area (Å²) in [5, 5.41) is 19.6. The quantitative estimate of drug-likeness (QED) is 0.632. The van der Waals surface area contributed by atoms with E-state index in [0.29, 0.717) is 37.4 Å². The fourth-order valence-electron chi connectivity index (χ4n) is 3.30. The Labute approximate surface area is 150 Å². The normalized spacial score (nSPS) is 14.2. The minimum atomic E-state index is -0.0892. The fraction of sp³-hybridized carbons (Fsp3) is 0.200. The van der Waals surface area contributed by atoms with E-state index in [4.69, 9.17) is 0 Å². The molecule has 0 spiro atoms. The third-order valence-electron chi connectivity index (χ3n) is 4.66. The molecule has 3 N–H and O–H groups in total. The summed E-state index contributed by atoms with van der Waals surface area (Å²) in [7, 11) is 0. The highest BCUT2D eigenvalue weighted by Gasteiger charge is 2.22. The van der Waals surface area contributed by atoms with Gasteiger partial charge in [0.05, 0.1) is 5.69 Å². The predicted octanol–water partition coefficient (Wildman–Crippen LogP) is 2.41. The van der Waals surface area contributed by atoms with E-state index in [2.05, 4.69) is 14.9 Å². The number of aromatic amines is 1. The Morgan fingerprint density at radius 2 is 1.92 bits per heavy atom. The van der Waals surface area contributed by atoms with Gasteiger partial charge in [-0.15, -0.1) is 0 Å². The van der Waals surface area contributed by atoms with E-state index >= 15 is 0 Å². The summed E-state index contributed by atoms with van der Waals surface area (Å²) >= 11 is 0.